The second kappa shape index (κ2) is 8.19. The maximum atomic E-state index is 12.8. The number of oxazole rings is 1. The summed E-state index contributed by atoms with van der Waals surface area (Å²) in [4.78, 5) is 32.8. The van der Waals surface area contributed by atoms with E-state index < -0.39 is 5.91 Å². The van der Waals surface area contributed by atoms with Gasteiger partial charge in [0.1, 0.15) is 12.0 Å². The first-order valence-corrected chi connectivity index (χ1v) is 9.79. The van der Waals surface area contributed by atoms with Crippen molar-refractivity contribution in [1.82, 2.24) is 15.0 Å². The van der Waals surface area contributed by atoms with Gasteiger partial charge in [0, 0.05) is 43.0 Å². The van der Waals surface area contributed by atoms with Gasteiger partial charge in [-0.05, 0) is 31.5 Å². The van der Waals surface area contributed by atoms with Crippen LogP contribution in [0.5, 0.6) is 0 Å². The van der Waals surface area contributed by atoms with Crippen molar-refractivity contribution in [2.24, 2.45) is 0 Å². The molecular formula is C20H20ClN5O4. The van der Waals surface area contributed by atoms with E-state index in [0.717, 1.165) is 11.3 Å². The van der Waals surface area contributed by atoms with Crippen LogP contribution in [0.2, 0.25) is 5.02 Å². The molecule has 0 bridgehead atoms. The van der Waals surface area contributed by atoms with E-state index in [9.17, 15) is 9.59 Å². The number of hydrogen-bond donors (Lipinski definition) is 1. The second-order valence-corrected chi connectivity index (χ2v) is 7.46. The highest BCUT2D eigenvalue weighted by Gasteiger charge is 2.26. The van der Waals surface area contributed by atoms with Crippen molar-refractivity contribution in [2.45, 2.75) is 13.8 Å². The van der Waals surface area contributed by atoms with E-state index in [0.29, 0.717) is 37.0 Å². The zero-order chi connectivity index (χ0) is 21.3. The first-order chi connectivity index (χ1) is 14.4. The molecule has 1 aliphatic rings. The zero-order valence-electron chi connectivity index (χ0n) is 16.5. The Morgan fingerprint density at radius 3 is 2.57 bits per heavy atom. The van der Waals surface area contributed by atoms with E-state index >= 15 is 0 Å². The van der Waals surface area contributed by atoms with Crippen LogP contribution in [-0.2, 0) is 0 Å². The molecule has 156 valence electrons. The summed E-state index contributed by atoms with van der Waals surface area (Å²) < 4.78 is 10.1. The van der Waals surface area contributed by atoms with Crippen LogP contribution < -0.4 is 10.2 Å². The summed E-state index contributed by atoms with van der Waals surface area (Å²) in [5, 5.41) is 6.77. The number of anilines is 2. The number of piperazine rings is 1. The van der Waals surface area contributed by atoms with Crippen molar-refractivity contribution in [3.63, 3.8) is 0 Å². The van der Waals surface area contributed by atoms with E-state index in [1.54, 1.807) is 11.8 Å². The molecule has 2 amide bonds. The lowest BCUT2D eigenvalue weighted by atomic mass is 10.1. The van der Waals surface area contributed by atoms with Crippen molar-refractivity contribution in [2.75, 3.05) is 36.4 Å². The van der Waals surface area contributed by atoms with Crippen molar-refractivity contribution >= 4 is 35.1 Å². The minimum absolute atomic E-state index is 0.0720. The maximum absolute atomic E-state index is 12.8. The third-order valence-electron chi connectivity index (χ3n) is 4.88. The van der Waals surface area contributed by atoms with E-state index in [1.165, 1.54) is 12.3 Å². The SMILES string of the molecule is Cc1cc(C(=O)Nc2nc(C(=O)N3CCN(c4cc(Cl)ccc4C)CC3)co2)no1. The number of halogens is 1. The minimum atomic E-state index is -0.529. The summed E-state index contributed by atoms with van der Waals surface area (Å²) in [6, 6.07) is 7.21. The predicted octanol–water partition coefficient (Wildman–Crippen LogP) is 3.15. The molecular weight excluding hydrogens is 410 g/mol. The number of nitrogens with one attached hydrogen (secondary N) is 1. The Morgan fingerprint density at radius 2 is 1.87 bits per heavy atom. The molecule has 1 N–H and O–H groups in total. The molecule has 0 unspecified atom stereocenters. The van der Waals surface area contributed by atoms with E-state index in [-0.39, 0.29) is 23.3 Å². The lowest BCUT2D eigenvalue weighted by Crippen LogP contribution is -2.49. The smallest absolute Gasteiger partial charge is 0.302 e. The normalized spacial score (nSPS) is 14.1. The van der Waals surface area contributed by atoms with Gasteiger partial charge in [0.15, 0.2) is 11.4 Å². The van der Waals surface area contributed by atoms with Crippen LogP contribution in [0.3, 0.4) is 0 Å². The number of benzene rings is 1. The van der Waals surface area contributed by atoms with E-state index in [2.05, 4.69) is 20.4 Å². The van der Waals surface area contributed by atoms with Crippen LogP contribution in [0.15, 0.2) is 39.5 Å². The largest absolute Gasteiger partial charge is 0.431 e. The molecule has 9 nitrogen and oxygen atoms in total. The van der Waals surface area contributed by atoms with Crippen LogP contribution >= 0.6 is 11.6 Å². The molecule has 0 spiro atoms. The first-order valence-electron chi connectivity index (χ1n) is 9.41. The van der Waals surface area contributed by atoms with Crippen molar-refractivity contribution in [1.29, 1.82) is 0 Å². The standard InChI is InChI=1S/C20H20ClN5O4/c1-12-3-4-14(21)10-17(12)25-5-7-26(8-6-25)19(28)16-11-29-20(22-16)23-18(27)15-9-13(2)30-24-15/h3-4,9-11H,5-8H2,1-2H3,(H,22,23,27). The Labute approximate surface area is 177 Å². The zero-order valence-corrected chi connectivity index (χ0v) is 17.3. The van der Waals surface area contributed by atoms with Crippen molar-refractivity contribution in [3.05, 3.63) is 58.3 Å². The molecule has 0 atom stereocenters. The molecule has 0 aliphatic carbocycles. The molecule has 3 heterocycles. The average Bonchev–Trinajstić information content (AvgIpc) is 3.38. The molecule has 2 aromatic heterocycles. The molecule has 30 heavy (non-hydrogen) atoms. The molecule has 0 saturated carbocycles. The van der Waals surface area contributed by atoms with E-state index in [4.69, 9.17) is 20.5 Å². The highest BCUT2D eigenvalue weighted by atomic mass is 35.5. The number of aryl methyl sites for hydroxylation is 2. The van der Waals surface area contributed by atoms with Gasteiger partial charge in [0.05, 0.1) is 0 Å². The van der Waals surface area contributed by atoms with Crippen LogP contribution in [0.1, 0.15) is 32.3 Å². The summed E-state index contributed by atoms with van der Waals surface area (Å²) in [6.07, 6.45) is 1.24. The van der Waals surface area contributed by atoms with Gasteiger partial charge in [0.25, 0.3) is 11.8 Å². The van der Waals surface area contributed by atoms with Crippen molar-refractivity contribution < 1.29 is 18.5 Å². The summed E-state index contributed by atoms with van der Waals surface area (Å²) in [7, 11) is 0. The van der Waals surface area contributed by atoms with Crippen LogP contribution in [0.4, 0.5) is 11.7 Å². The molecule has 0 radical (unpaired) electrons. The summed E-state index contributed by atoms with van der Waals surface area (Å²) in [5.41, 5.74) is 2.45. The molecule has 1 aromatic carbocycles. The molecule has 10 heteroatoms. The summed E-state index contributed by atoms with van der Waals surface area (Å²) in [5.74, 6) is -0.271. The Kier molecular flexibility index (Phi) is 5.45. The van der Waals surface area contributed by atoms with Gasteiger partial charge in [-0.15, -0.1) is 0 Å². The lowest BCUT2D eigenvalue weighted by molar-refractivity contribution is 0.0740. The first kappa shape index (κ1) is 20.0. The molecule has 3 aromatic rings. The fraction of sp³-hybridized carbons (Fsp3) is 0.300. The number of hydrogen-bond acceptors (Lipinski definition) is 7. The van der Waals surface area contributed by atoms with Gasteiger partial charge in [-0.1, -0.05) is 22.8 Å². The topological polar surface area (TPSA) is 105 Å². The molecule has 1 saturated heterocycles. The van der Waals surface area contributed by atoms with Crippen LogP contribution in [0, 0.1) is 13.8 Å². The van der Waals surface area contributed by atoms with Gasteiger partial charge in [0.2, 0.25) is 0 Å². The van der Waals surface area contributed by atoms with Crippen LogP contribution in [-0.4, -0.2) is 53.0 Å². The third kappa shape index (κ3) is 4.16. The minimum Gasteiger partial charge on any atom is -0.431 e. The Hall–Kier alpha value is -3.33. The Bertz CT molecular complexity index is 1080. The number of carbonyl (C=O) groups excluding carboxylic acids is 2. The third-order valence-corrected chi connectivity index (χ3v) is 5.12. The fourth-order valence-electron chi connectivity index (χ4n) is 3.30. The van der Waals surface area contributed by atoms with Gasteiger partial charge in [-0.2, -0.15) is 4.98 Å². The highest BCUT2D eigenvalue weighted by molar-refractivity contribution is 6.30. The number of carbonyl (C=O) groups is 2. The number of amides is 2. The van der Waals surface area contributed by atoms with E-state index in [1.807, 2.05) is 25.1 Å². The molecule has 1 fully saturated rings. The van der Waals surface area contributed by atoms with Gasteiger partial charge >= 0.3 is 6.01 Å². The monoisotopic (exact) mass is 429 g/mol. The van der Waals surface area contributed by atoms with Crippen molar-refractivity contribution in [3.8, 4) is 0 Å². The quantitative estimate of drug-likeness (QED) is 0.679. The lowest BCUT2D eigenvalue weighted by Gasteiger charge is -2.36. The maximum Gasteiger partial charge on any atom is 0.302 e. The summed E-state index contributed by atoms with van der Waals surface area (Å²) in [6.45, 7) is 6.16. The Morgan fingerprint density at radius 1 is 1.10 bits per heavy atom. The van der Waals surface area contributed by atoms with Gasteiger partial charge < -0.3 is 18.7 Å². The van der Waals surface area contributed by atoms with Crippen LogP contribution in [0.25, 0.3) is 0 Å². The number of nitrogens with zero attached hydrogens (tertiary/aromatic N) is 4. The van der Waals surface area contributed by atoms with Gasteiger partial charge in [-0.3, -0.25) is 14.9 Å². The molecule has 4 rings (SSSR count). The molecule has 1 aliphatic heterocycles. The summed E-state index contributed by atoms with van der Waals surface area (Å²) >= 11 is 6.12. The average molecular weight is 430 g/mol. The highest BCUT2D eigenvalue weighted by Crippen LogP contribution is 2.25. The predicted molar refractivity (Wildman–Crippen MR) is 110 cm³/mol. The Balaban J connectivity index is 1.37. The second-order valence-electron chi connectivity index (χ2n) is 7.02. The van der Waals surface area contributed by atoms with Gasteiger partial charge in [-0.25, -0.2) is 0 Å². The number of aromatic nitrogens is 2. The fourth-order valence-corrected chi connectivity index (χ4v) is 3.47. The number of rotatable bonds is 4.